The van der Waals surface area contributed by atoms with Crippen molar-refractivity contribution < 1.29 is 14.3 Å². The number of amides is 2. The molecule has 0 bridgehead atoms. The first-order valence-electron chi connectivity index (χ1n) is 9.44. The zero-order chi connectivity index (χ0) is 21.0. The van der Waals surface area contributed by atoms with Gasteiger partial charge in [0.15, 0.2) is 5.13 Å². The van der Waals surface area contributed by atoms with Crippen LogP contribution in [0.15, 0.2) is 30.5 Å². The molecule has 0 spiro atoms. The lowest BCUT2D eigenvalue weighted by atomic mass is 10.1. The molecule has 1 fully saturated rings. The van der Waals surface area contributed by atoms with Crippen LogP contribution >= 0.6 is 11.3 Å². The molecule has 8 nitrogen and oxygen atoms in total. The van der Waals surface area contributed by atoms with Gasteiger partial charge in [-0.3, -0.25) is 14.5 Å². The monoisotopic (exact) mass is 417 g/mol. The van der Waals surface area contributed by atoms with Crippen LogP contribution in [0.25, 0.3) is 0 Å². The van der Waals surface area contributed by atoms with E-state index < -0.39 is 6.04 Å². The number of aryl methyl sites for hydroxylation is 1. The van der Waals surface area contributed by atoms with E-state index in [-0.39, 0.29) is 18.4 Å². The summed E-state index contributed by atoms with van der Waals surface area (Å²) in [5.74, 6) is 0.623. The first-order valence-corrected chi connectivity index (χ1v) is 10.3. The molecule has 2 heterocycles. The van der Waals surface area contributed by atoms with Crippen molar-refractivity contribution in [2.75, 3.05) is 57.6 Å². The molecule has 0 radical (unpaired) electrons. The van der Waals surface area contributed by atoms with Gasteiger partial charge in [0.05, 0.1) is 13.7 Å². The average Bonchev–Trinajstić information content (AvgIpc) is 3.12. The molecule has 0 saturated carbocycles. The summed E-state index contributed by atoms with van der Waals surface area (Å²) >= 11 is 1.44. The molecular formula is C20H27N5O3S. The Balaban J connectivity index is 1.69. The minimum absolute atomic E-state index is 0.0129. The third-order valence-electron chi connectivity index (χ3n) is 4.87. The second kappa shape index (κ2) is 9.23. The van der Waals surface area contributed by atoms with Crippen molar-refractivity contribution in [3.63, 3.8) is 0 Å². The summed E-state index contributed by atoms with van der Waals surface area (Å²) in [6.45, 7) is 3.96. The van der Waals surface area contributed by atoms with E-state index in [1.165, 1.54) is 11.3 Å². The molecule has 1 aromatic heterocycles. The number of carbonyl (C=O) groups excluding carboxylic acids is 2. The van der Waals surface area contributed by atoms with Gasteiger partial charge in [0, 0.05) is 50.5 Å². The van der Waals surface area contributed by atoms with E-state index in [4.69, 9.17) is 4.74 Å². The van der Waals surface area contributed by atoms with E-state index in [0.717, 1.165) is 22.9 Å². The molecule has 3 rings (SSSR count). The zero-order valence-electron chi connectivity index (χ0n) is 17.2. The fourth-order valence-electron chi connectivity index (χ4n) is 3.33. The number of piperazine rings is 1. The van der Waals surface area contributed by atoms with Crippen LogP contribution in [-0.2, 0) is 9.59 Å². The Bertz CT molecular complexity index is 852. The largest absolute Gasteiger partial charge is 0.497 e. The number of likely N-dealkylation sites (N-methyl/N-ethyl adjacent to an activating group) is 1. The molecule has 9 heteroatoms. The van der Waals surface area contributed by atoms with Gasteiger partial charge in [-0.25, -0.2) is 4.98 Å². The number of hydrogen-bond donors (Lipinski definition) is 1. The van der Waals surface area contributed by atoms with Gasteiger partial charge < -0.3 is 19.9 Å². The summed E-state index contributed by atoms with van der Waals surface area (Å²) in [5, 5.41) is 3.41. The third-order valence-corrected chi connectivity index (χ3v) is 5.70. The standard InChI is InChI=1S/C20H27N5O3S/c1-14-11-21-20(29-14)22-18(26)13-25-10-9-24(12-17(25)19(27)23(2)3)15-5-7-16(28-4)8-6-15/h5-8,11,17H,9-10,12-13H2,1-4H3,(H,21,22,26)/t17-/m0/s1. The maximum Gasteiger partial charge on any atom is 0.241 e. The number of carbonyl (C=O) groups is 2. The number of nitrogens with one attached hydrogen (secondary N) is 1. The van der Waals surface area contributed by atoms with Gasteiger partial charge in [-0.2, -0.15) is 0 Å². The number of benzene rings is 1. The number of ether oxygens (including phenoxy) is 1. The first-order chi connectivity index (χ1) is 13.9. The Morgan fingerprint density at radius 1 is 1.28 bits per heavy atom. The molecule has 156 valence electrons. The Morgan fingerprint density at radius 2 is 2.00 bits per heavy atom. The number of thiazole rings is 1. The molecule has 1 saturated heterocycles. The Morgan fingerprint density at radius 3 is 2.59 bits per heavy atom. The van der Waals surface area contributed by atoms with E-state index >= 15 is 0 Å². The Hall–Kier alpha value is -2.65. The van der Waals surface area contributed by atoms with E-state index in [0.29, 0.717) is 18.2 Å². The molecule has 1 aliphatic rings. The second-order valence-electron chi connectivity index (χ2n) is 7.19. The molecule has 1 atom stereocenters. The van der Waals surface area contributed by atoms with E-state index in [1.54, 1.807) is 32.3 Å². The van der Waals surface area contributed by atoms with E-state index in [9.17, 15) is 9.59 Å². The Labute approximate surface area is 175 Å². The summed E-state index contributed by atoms with van der Waals surface area (Å²) in [7, 11) is 5.12. The van der Waals surface area contributed by atoms with Crippen LogP contribution in [0.3, 0.4) is 0 Å². The normalized spacial score (nSPS) is 17.1. The molecule has 29 heavy (non-hydrogen) atoms. The van der Waals surface area contributed by atoms with Crippen molar-refractivity contribution in [1.29, 1.82) is 0 Å². The number of aromatic nitrogens is 1. The van der Waals surface area contributed by atoms with Crippen LogP contribution in [0, 0.1) is 6.92 Å². The van der Waals surface area contributed by atoms with Crippen LogP contribution in [-0.4, -0.2) is 80.0 Å². The molecule has 1 N–H and O–H groups in total. The lowest BCUT2D eigenvalue weighted by Crippen LogP contribution is -2.60. The predicted octanol–water partition coefficient (Wildman–Crippen LogP) is 1.68. The molecule has 0 unspecified atom stereocenters. The molecular weight excluding hydrogens is 390 g/mol. The summed E-state index contributed by atoms with van der Waals surface area (Å²) in [5.41, 5.74) is 1.03. The van der Waals surface area contributed by atoms with Gasteiger partial charge in [-0.05, 0) is 31.2 Å². The van der Waals surface area contributed by atoms with Crippen LogP contribution < -0.4 is 15.0 Å². The van der Waals surface area contributed by atoms with Crippen LogP contribution in [0.2, 0.25) is 0 Å². The maximum atomic E-state index is 12.8. The predicted molar refractivity (Wildman–Crippen MR) is 115 cm³/mol. The molecule has 1 aliphatic heterocycles. The van der Waals surface area contributed by atoms with E-state index in [1.807, 2.05) is 36.1 Å². The summed E-state index contributed by atoms with van der Waals surface area (Å²) < 4.78 is 5.22. The van der Waals surface area contributed by atoms with Crippen LogP contribution in [0.5, 0.6) is 5.75 Å². The minimum Gasteiger partial charge on any atom is -0.497 e. The van der Waals surface area contributed by atoms with Gasteiger partial charge >= 0.3 is 0 Å². The highest BCUT2D eigenvalue weighted by atomic mass is 32.1. The summed E-state index contributed by atoms with van der Waals surface area (Å²) in [6, 6.07) is 7.40. The maximum absolute atomic E-state index is 12.8. The summed E-state index contributed by atoms with van der Waals surface area (Å²) in [4.78, 5) is 36.2. The van der Waals surface area contributed by atoms with Gasteiger partial charge in [-0.15, -0.1) is 11.3 Å². The van der Waals surface area contributed by atoms with Crippen molar-refractivity contribution >= 4 is 34.0 Å². The van der Waals surface area contributed by atoms with Crippen LogP contribution in [0.1, 0.15) is 4.88 Å². The topological polar surface area (TPSA) is 78.0 Å². The van der Waals surface area contributed by atoms with Gasteiger partial charge in [0.2, 0.25) is 11.8 Å². The van der Waals surface area contributed by atoms with Crippen molar-refractivity contribution in [2.24, 2.45) is 0 Å². The number of rotatable bonds is 6. The average molecular weight is 418 g/mol. The highest BCUT2D eigenvalue weighted by molar-refractivity contribution is 7.15. The van der Waals surface area contributed by atoms with E-state index in [2.05, 4.69) is 15.2 Å². The van der Waals surface area contributed by atoms with Crippen molar-refractivity contribution in [3.8, 4) is 5.75 Å². The second-order valence-corrected chi connectivity index (χ2v) is 8.42. The first kappa shape index (κ1) is 21.1. The van der Waals surface area contributed by atoms with Gasteiger partial charge in [-0.1, -0.05) is 0 Å². The number of hydrogen-bond acceptors (Lipinski definition) is 7. The van der Waals surface area contributed by atoms with Crippen molar-refractivity contribution in [1.82, 2.24) is 14.8 Å². The molecule has 2 amide bonds. The zero-order valence-corrected chi connectivity index (χ0v) is 18.0. The van der Waals surface area contributed by atoms with Crippen LogP contribution in [0.4, 0.5) is 10.8 Å². The van der Waals surface area contributed by atoms with Gasteiger partial charge in [0.25, 0.3) is 0 Å². The lowest BCUT2D eigenvalue weighted by Gasteiger charge is -2.42. The SMILES string of the molecule is COc1ccc(N2CCN(CC(=O)Nc3ncc(C)s3)[C@H](C(=O)N(C)C)C2)cc1. The van der Waals surface area contributed by atoms with Crippen molar-refractivity contribution in [3.05, 3.63) is 35.3 Å². The summed E-state index contributed by atoms with van der Waals surface area (Å²) in [6.07, 6.45) is 1.73. The third kappa shape index (κ3) is 5.24. The van der Waals surface area contributed by atoms with Crippen molar-refractivity contribution in [2.45, 2.75) is 13.0 Å². The highest BCUT2D eigenvalue weighted by Gasteiger charge is 2.34. The molecule has 2 aromatic rings. The highest BCUT2D eigenvalue weighted by Crippen LogP contribution is 2.23. The lowest BCUT2D eigenvalue weighted by molar-refractivity contribution is -0.135. The Kier molecular flexibility index (Phi) is 6.71. The smallest absolute Gasteiger partial charge is 0.241 e. The molecule has 1 aromatic carbocycles. The van der Waals surface area contributed by atoms with Gasteiger partial charge in [0.1, 0.15) is 11.8 Å². The number of methoxy groups -OCH3 is 1. The number of anilines is 2. The number of nitrogens with zero attached hydrogens (tertiary/aromatic N) is 4. The minimum atomic E-state index is -0.398. The quantitative estimate of drug-likeness (QED) is 0.771. The molecule has 0 aliphatic carbocycles. The fraction of sp³-hybridized carbons (Fsp3) is 0.450. The fourth-order valence-corrected chi connectivity index (χ4v) is 4.01.